The van der Waals surface area contributed by atoms with Gasteiger partial charge in [0.1, 0.15) is 5.84 Å². The highest BCUT2D eigenvalue weighted by molar-refractivity contribution is 7.80. The highest BCUT2D eigenvalue weighted by Crippen LogP contribution is 2.31. The Kier molecular flexibility index (Phi) is 5.59. The summed E-state index contributed by atoms with van der Waals surface area (Å²) < 4.78 is 35.0. The summed E-state index contributed by atoms with van der Waals surface area (Å²) in [6.45, 7) is 1.50. The summed E-state index contributed by atoms with van der Waals surface area (Å²) in [4.78, 5) is 37.5. The zero-order valence-corrected chi connectivity index (χ0v) is 16.1. The van der Waals surface area contributed by atoms with E-state index in [2.05, 4.69) is 14.9 Å². The normalized spacial score (nSPS) is 29.7. The number of amidine groups is 1. The van der Waals surface area contributed by atoms with Crippen molar-refractivity contribution in [2.75, 3.05) is 6.54 Å². The summed E-state index contributed by atoms with van der Waals surface area (Å²) in [5, 5.41) is 14.1. The summed E-state index contributed by atoms with van der Waals surface area (Å²) in [5.41, 5.74) is 0. The number of hydrogen-bond acceptors (Lipinski definition) is 7. The number of hydrogen-bond donors (Lipinski definition) is 4. The van der Waals surface area contributed by atoms with Crippen molar-refractivity contribution in [3.8, 4) is 0 Å². The second-order valence-electron chi connectivity index (χ2n) is 7.26. The molecule has 4 atom stereocenters. The molecular weight excluding hydrogens is 394 g/mol. The average molecular weight is 417 g/mol. The van der Waals surface area contributed by atoms with Crippen molar-refractivity contribution >= 4 is 34.1 Å². The molecule has 2 aliphatic heterocycles. The van der Waals surface area contributed by atoms with Gasteiger partial charge in [0.15, 0.2) is 0 Å². The Balaban J connectivity index is 1.63. The molecule has 1 aliphatic carbocycles. The lowest BCUT2D eigenvalue weighted by Crippen LogP contribution is -2.53. The third-order valence-electron chi connectivity index (χ3n) is 5.33. The Morgan fingerprint density at radius 3 is 2.61 bits per heavy atom. The van der Waals surface area contributed by atoms with E-state index in [1.807, 2.05) is 0 Å². The van der Waals surface area contributed by atoms with E-state index in [-0.39, 0.29) is 30.2 Å². The van der Waals surface area contributed by atoms with Gasteiger partial charge in [0.25, 0.3) is 0 Å². The Hall–Kier alpha value is -2.25. The fourth-order valence-electron chi connectivity index (χ4n) is 4.15. The topological polar surface area (TPSA) is 169 Å². The minimum atomic E-state index is -4.84. The van der Waals surface area contributed by atoms with Crippen LogP contribution < -0.4 is 10.6 Å². The number of carbonyl (C=O) groups is 3. The van der Waals surface area contributed by atoms with Crippen molar-refractivity contribution in [3.63, 3.8) is 0 Å². The Bertz CT molecular complexity index is 801. The molecule has 2 saturated heterocycles. The van der Waals surface area contributed by atoms with Crippen LogP contribution in [0, 0.1) is 11.3 Å². The van der Waals surface area contributed by atoms with Gasteiger partial charge in [-0.05, 0) is 25.7 Å². The molecule has 12 nitrogen and oxygen atoms in total. The van der Waals surface area contributed by atoms with Crippen LogP contribution in [0.15, 0.2) is 0 Å². The summed E-state index contributed by atoms with van der Waals surface area (Å²) >= 11 is 0. The van der Waals surface area contributed by atoms with Gasteiger partial charge in [-0.2, -0.15) is 13.5 Å². The van der Waals surface area contributed by atoms with Crippen LogP contribution in [0.4, 0.5) is 4.79 Å². The lowest BCUT2D eigenvalue weighted by atomic mass is 9.98. The minimum absolute atomic E-state index is 0.120. The van der Waals surface area contributed by atoms with Crippen LogP contribution >= 0.6 is 0 Å². The number of nitrogens with one attached hydrogen (secondary N) is 3. The largest absolute Gasteiger partial charge is 0.418 e. The van der Waals surface area contributed by atoms with Crippen molar-refractivity contribution in [2.24, 2.45) is 5.92 Å². The molecule has 0 aromatic rings. The fourth-order valence-corrected chi connectivity index (χ4v) is 4.54. The molecule has 2 heterocycles. The number of fused-ring (bicyclic) bond motifs is 2. The number of rotatable bonds is 5. The quantitative estimate of drug-likeness (QED) is 0.263. The molecule has 0 radical (unpaired) electrons. The van der Waals surface area contributed by atoms with Crippen molar-refractivity contribution in [3.05, 3.63) is 0 Å². The fraction of sp³-hybridized carbons (Fsp3) is 0.733. The van der Waals surface area contributed by atoms with Crippen LogP contribution in [-0.2, 0) is 24.3 Å². The summed E-state index contributed by atoms with van der Waals surface area (Å²) in [6, 6.07) is -2.37. The summed E-state index contributed by atoms with van der Waals surface area (Å²) in [5.74, 6) is -1.23. The maximum absolute atomic E-state index is 12.6. The van der Waals surface area contributed by atoms with Crippen LogP contribution in [0.2, 0.25) is 0 Å². The lowest BCUT2D eigenvalue weighted by Gasteiger charge is -2.31. The second kappa shape index (κ2) is 7.64. The first-order chi connectivity index (χ1) is 13.1. The van der Waals surface area contributed by atoms with Gasteiger partial charge < -0.3 is 15.5 Å². The van der Waals surface area contributed by atoms with Crippen molar-refractivity contribution < 1.29 is 31.6 Å². The van der Waals surface area contributed by atoms with Crippen molar-refractivity contribution in [1.82, 2.24) is 20.6 Å². The average Bonchev–Trinajstić information content (AvgIpc) is 3.12. The molecule has 2 unspecified atom stereocenters. The molecule has 3 rings (SSSR count). The van der Waals surface area contributed by atoms with Gasteiger partial charge in [0.05, 0.1) is 18.0 Å². The Morgan fingerprint density at radius 2 is 1.96 bits per heavy atom. The zero-order valence-electron chi connectivity index (χ0n) is 15.3. The standard InChI is InChI=1S/C15H23N5O7S/c1-8(21)17-11-4-2-3-10(11)14(22)18-13(16)12-6-5-9-7-19(12)15(23)20(9)27-28(24,25)26/h9-12H,2-7H2,1H3,(H,17,21)(H2,16,18,22)(H,24,25,26)/t9-,10?,11?,12+/m1/s1. The number of amides is 4. The summed E-state index contributed by atoms with van der Waals surface area (Å²) in [6.07, 6.45) is 2.74. The predicted molar refractivity (Wildman–Crippen MR) is 94.2 cm³/mol. The van der Waals surface area contributed by atoms with E-state index in [9.17, 15) is 22.8 Å². The van der Waals surface area contributed by atoms with Crippen molar-refractivity contribution in [1.29, 1.82) is 5.41 Å². The van der Waals surface area contributed by atoms with E-state index in [4.69, 9.17) is 9.96 Å². The molecule has 0 aromatic heterocycles. The molecular formula is C15H23N5O7S. The molecule has 2 bridgehead atoms. The molecule has 3 aliphatic rings. The first-order valence-corrected chi connectivity index (χ1v) is 10.4. The molecule has 1 saturated carbocycles. The van der Waals surface area contributed by atoms with Gasteiger partial charge in [-0.25, -0.2) is 4.79 Å². The van der Waals surface area contributed by atoms with Gasteiger partial charge in [-0.1, -0.05) is 6.42 Å². The van der Waals surface area contributed by atoms with E-state index >= 15 is 0 Å². The van der Waals surface area contributed by atoms with E-state index in [1.165, 1.54) is 11.8 Å². The molecule has 156 valence electrons. The second-order valence-corrected chi connectivity index (χ2v) is 8.26. The van der Waals surface area contributed by atoms with Crippen LogP contribution in [0.1, 0.15) is 39.0 Å². The maximum Gasteiger partial charge on any atom is 0.418 e. The van der Waals surface area contributed by atoms with Gasteiger partial charge in [-0.3, -0.25) is 19.6 Å². The zero-order chi connectivity index (χ0) is 20.6. The third kappa shape index (κ3) is 4.25. The number of carbonyl (C=O) groups excluding carboxylic acids is 3. The minimum Gasteiger partial charge on any atom is -0.353 e. The van der Waals surface area contributed by atoms with E-state index in [1.54, 1.807) is 0 Å². The number of hydroxylamine groups is 2. The lowest BCUT2D eigenvalue weighted by molar-refractivity contribution is -0.125. The first kappa shape index (κ1) is 20.5. The molecule has 28 heavy (non-hydrogen) atoms. The molecule has 4 amide bonds. The van der Waals surface area contributed by atoms with Gasteiger partial charge in [0.2, 0.25) is 11.8 Å². The highest BCUT2D eigenvalue weighted by atomic mass is 32.3. The maximum atomic E-state index is 12.6. The van der Waals surface area contributed by atoms with Gasteiger partial charge in [-0.15, -0.1) is 4.28 Å². The van der Waals surface area contributed by atoms with Gasteiger partial charge in [0, 0.05) is 19.5 Å². The molecule has 0 aromatic carbocycles. The van der Waals surface area contributed by atoms with E-state index < -0.39 is 34.4 Å². The number of nitrogens with zero attached hydrogens (tertiary/aromatic N) is 2. The van der Waals surface area contributed by atoms with Crippen molar-refractivity contribution in [2.45, 2.75) is 57.2 Å². The Morgan fingerprint density at radius 1 is 1.25 bits per heavy atom. The van der Waals surface area contributed by atoms with E-state index in [0.717, 1.165) is 6.42 Å². The predicted octanol–water partition coefficient (Wildman–Crippen LogP) is -0.612. The molecule has 0 spiro atoms. The molecule has 3 fully saturated rings. The molecule has 4 N–H and O–H groups in total. The van der Waals surface area contributed by atoms with Crippen LogP contribution in [0.5, 0.6) is 0 Å². The Labute approximate surface area is 162 Å². The molecule has 13 heteroatoms. The van der Waals surface area contributed by atoms with Gasteiger partial charge >= 0.3 is 16.4 Å². The number of piperidine rings is 1. The third-order valence-corrected chi connectivity index (χ3v) is 5.68. The highest BCUT2D eigenvalue weighted by Gasteiger charge is 2.49. The van der Waals surface area contributed by atoms with E-state index in [0.29, 0.717) is 30.7 Å². The van der Waals surface area contributed by atoms with Crippen LogP contribution in [0.25, 0.3) is 0 Å². The van der Waals surface area contributed by atoms with Crippen LogP contribution in [-0.4, -0.2) is 71.3 Å². The smallest absolute Gasteiger partial charge is 0.353 e. The SMILES string of the molecule is CC(=O)NC1CCCC1C(=O)NC(=N)[C@@H]1CC[C@@H]2CN1C(=O)N2OS(=O)(=O)O. The first-order valence-electron chi connectivity index (χ1n) is 9.00. The number of urea groups is 1. The monoisotopic (exact) mass is 417 g/mol. The summed E-state index contributed by atoms with van der Waals surface area (Å²) in [7, 11) is -4.84. The van der Waals surface area contributed by atoms with Crippen LogP contribution in [0.3, 0.4) is 0 Å².